The van der Waals surface area contributed by atoms with E-state index in [-0.39, 0.29) is 5.91 Å². The lowest BCUT2D eigenvalue weighted by Gasteiger charge is -2.26. The first-order valence-electron chi connectivity index (χ1n) is 9.41. The summed E-state index contributed by atoms with van der Waals surface area (Å²) in [4.78, 5) is 18.2. The second kappa shape index (κ2) is 7.50. The molecule has 0 radical (unpaired) electrons. The van der Waals surface area contributed by atoms with Gasteiger partial charge in [-0.05, 0) is 45.1 Å². The zero-order valence-corrected chi connectivity index (χ0v) is 16.1. The number of H-pyrrole nitrogens is 1. The maximum atomic E-state index is 13.1. The Morgan fingerprint density at radius 1 is 0.880 bits per heavy atom. The number of carbonyl (C=O) groups excluding carboxylic acids is 1. The molecule has 0 atom stereocenters. The molecule has 2 aliphatic heterocycles. The summed E-state index contributed by atoms with van der Waals surface area (Å²) in [5, 5.41) is 0. The molecule has 0 unspecified atom stereocenters. The summed E-state index contributed by atoms with van der Waals surface area (Å²) in [5.41, 5.74) is 1.58. The molecule has 0 aliphatic carbocycles. The maximum Gasteiger partial charge on any atom is 0.270 e. The van der Waals surface area contributed by atoms with E-state index < -0.39 is 10.0 Å². The number of amides is 1. The number of sulfonamides is 1. The number of nitrogens with one attached hydrogen (secondary N) is 1. The number of hydrogen-bond acceptors (Lipinski definition) is 3. The van der Waals surface area contributed by atoms with Crippen LogP contribution < -0.4 is 0 Å². The molecule has 2 saturated heterocycles. The summed E-state index contributed by atoms with van der Waals surface area (Å²) in [6.07, 6.45) is 7.23. The van der Waals surface area contributed by atoms with Crippen molar-refractivity contribution in [2.45, 2.75) is 63.7 Å². The minimum atomic E-state index is -3.54. The molecule has 0 aromatic carbocycles. The molecule has 0 bridgehead atoms. The Kier molecular flexibility index (Phi) is 5.53. The van der Waals surface area contributed by atoms with E-state index in [9.17, 15) is 13.2 Å². The van der Waals surface area contributed by atoms with E-state index in [1.54, 1.807) is 18.2 Å². The van der Waals surface area contributed by atoms with E-state index in [0.29, 0.717) is 34.9 Å². The number of aromatic nitrogens is 1. The van der Waals surface area contributed by atoms with Gasteiger partial charge in [-0.2, -0.15) is 4.31 Å². The van der Waals surface area contributed by atoms with E-state index >= 15 is 0 Å². The predicted molar refractivity (Wildman–Crippen MR) is 97.2 cm³/mol. The van der Waals surface area contributed by atoms with Crippen molar-refractivity contribution in [1.82, 2.24) is 14.2 Å². The number of carbonyl (C=O) groups is 1. The molecule has 0 spiro atoms. The van der Waals surface area contributed by atoms with Crippen LogP contribution in [-0.4, -0.2) is 54.7 Å². The van der Waals surface area contributed by atoms with Gasteiger partial charge in [0.1, 0.15) is 10.6 Å². The number of aryl methyl sites for hydroxylation is 1. The lowest BCUT2D eigenvalue weighted by molar-refractivity contribution is 0.0755. The van der Waals surface area contributed by atoms with Crippen molar-refractivity contribution in [3.05, 3.63) is 17.0 Å². The smallest absolute Gasteiger partial charge is 0.270 e. The van der Waals surface area contributed by atoms with Gasteiger partial charge in [-0.3, -0.25) is 4.79 Å². The number of piperidine rings is 1. The molecule has 7 heteroatoms. The molecule has 0 saturated carbocycles. The number of rotatable bonds is 3. The van der Waals surface area contributed by atoms with Crippen LogP contribution in [0.15, 0.2) is 4.90 Å². The predicted octanol–water partition coefficient (Wildman–Crippen LogP) is 2.82. The van der Waals surface area contributed by atoms with E-state index in [4.69, 9.17) is 0 Å². The number of aromatic amines is 1. The number of nitrogens with zero attached hydrogens (tertiary/aromatic N) is 2. The third-order valence-electron chi connectivity index (χ3n) is 5.39. The summed E-state index contributed by atoms with van der Waals surface area (Å²) in [6.45, 7) is 6.16. The molecular weight excluding hydrogens is 338 g/mol. The monoisotopic (exact) mass is 367 g/mol. The van der Waals surface area contributed by atoms with Crippen LogP contribution in [0, 0.1) is 13.8 Å². The van der Waals surface area contributed by atoms with Gasteiger partial charge in [-0.25, -0.2) is 8.42 Å². The van der Waals surface area contributed by atoms with Gasteiger partial charge in [-0.1, -0.05) is 19.3 Å². The average molecular weight is 368 g/mol. The standard InChI is InChI=1S/C18H29N3O3S/c1-14-16(18(22)20-10-6-3-4-7-11-20)19-15(2)17(14)25(23,24)21-12-8-5-9-13-21/h19H,3-13H2,1-2H3. The number of hydrogen-bond donors (Lipinski definition) is 1. The minimum Gasteiger partial charge on any atom is -0.353 e. The molecular formula is C18H29N3O3S. The molecule has 2 fully saturated rings. The summed E-state index contributed by atoms with van der Waals surface area (Å²) in [6, 6.07) is 0. The molecule has 2 aliphatic rings. The largest absolute Gasteiger partial charge is 0.353 e. The molecule has 1 N–H and O–H groups in total. The van der Waals surface area contributed by atoms with Gasteiger partial charge in [-0.15, -0.1) is 0 Å². The molecule has 25 heavy (non-hydrogen) atoms. The Morgan fingerprint density at radius 3 is 2.00 bits per heavy atom. The highest BCUT2D eigenvalue weighted by Crippen LogP contribution is 2.29. The fourth-order valence-corrected chi connectivity index (χ4v) is 5.92. The summed E-state index contributed by atoms with van der Waals surface area (Å²) in [7, 11) is -3.54. The van der Waals surface area contributed by atoms with Crippen molar-refractivity contribution in [2.24, 2.45) is 0 Å². The van der Waals surface area contributed by atoms with Crippen LogP contribution in [0.1, 0.15) is 66.7 Å². The SMILES string of the molecule is Cc1[nH]c(C(=O)N2CCCCCC2)c(C)c1S(=O)(=O)N1CCCCC1. The van der Waals surface area contributed by atoms with Crippen molar-refractivity contribution in [1.29, 1.82) is 0 Å². The average Bonchev–Trinajstić information content (AvgIpc) is 2.79. The van der Waals surface area contributed by atoms with E-state index in [1.165, 1.54) is 0 Å². The Labute approximate surface area is 150 Å². The third-order valence-corrected chi connectivity index (χ3v) is 7.56. The topological polar surface area (TPSA) is 73.5 Å². The normalized spacial score (nSPS) is 20.5. The first-order chi connectivity index (χ1) is 11.9. The van der Waals surface area contributed by atoms with Crippen molar-refractivity contribution in [3.63, 3.8) is 0 Å². The molecule has 1 aromatic rings. The van der Waals surface area contributed by atoms with Gasteiger partial charge in [0.05, 0.1) is 0 Å². The fraction of sp³-hybridized carbons (Fsp3) is 0.722. The highest BCUT2D eigenvalue weighted by molar-refractivity contribution is 7.89. The second-order valence-electron chi connectivity index (χ2n) is 7.25. The van der Waals surface area contributed by atoms with E-state index in [2.05, 4.69) is 4.98 Å². The van der Waals surface area contributed by atoms with Crippen molar-refractivity contribution in [2.75, 3.05) is 26.2 Å². The van der Waals surface area contributed by atoms with Gasteiger partial charge in [0, 0.05) is 31.9 Å². The van der Waals surface area contributed by atoms with Crippen molar-refractivity contribution >= 4 is 15.9 Å². The molecule has 6 nitrogen and oxygen atoms in total. The van der Waals surface area contributed by atoms with Crippen LogP contribution in [0.3, 0.4) is 0 Å². The van der Waals surface area contributed by atoms with E-state index in [0.717, 1.165) is 58.0 Å². The van der Waals surface area contributed by atoms with Crippen LogP contribution >= 0.6 is 0 Å². The van der Waals surface area contributed by atoms with E-state index in [1.807, 2.05) is 4.90 Å². The van der Waals surface area contributed by atoms with Crippen LogP contribution in [-0.2, 0) is 10.0 Å². The highest BCUT2D eigenvalue weighted by Gasteiger charge is 2.33. The highest BCUT2D eigenvalue weighted by atomic mass is 32.2. The number of likely N-dealkylation sites (tertiary alicyclic amines) is 1. The zero-order valence-electron chi connectivity index (χ0n) is 15.3. The Balaban J connectivity index is 1.91. The Morgan fingerprint density at radius 2 is 1.40 bits per heavy atom. The Bertz CT molecular complexity index is 725. The van der Waals surface area contributed by atoms with Gasteiger partial charge >= 0.3 is 0 Å². The lowest BCUT2D eigenvalue weighted by atomic mass is 10.2. The Hall–Kier alpha value is -1.34. The fourth-order valence-electron chi connectivity index (χ4n) is 4.00. The van der Waals surface area contributed by atoms with Gasteiger partial charge in [0.2, 0.25) is 10.0 Å². The summed E-state index contributed by atoms with van der Waals surface area (Å²) < 4.78 is 27.7. The summed E-state index contributed by atoms with van der Waals surface area (Å²) >= 11 is 0. The second-order valence-corrected chi connectivity index (χ2v) is 9.13. The van der Waals surface area contributed by atoms with Gasteiger partial charge in [0.25, 0.3) is 5.91 Å². The zero-order chi connectivity index (χ0) is 18.0. The van der Waals surface area contributed by atoms with Crippen molar-refractivity contribution in [3.8, 4) is 0 Å². The molecule has 140 valence electrons. The van der Waals surface area contributed by atoms with Crippen LogP contribution in [0.2, 0.25) is 0 Å². The van der Waals surface area contributed by atoms with Gasteiger partial charge in [0.15, 0.2) is 0 Å². The van der Waals surface area contributed by atoms with Crippen LogP contribution in [0.25, 0.3) is 0 Å². The first kappa shape index (κ1) is 18.5. The molecule has 1 aromatic heterocycles. The van der Waals surface area contributed by atoms with Crippen LogP contribution in [0.4, 0.5) is 0 Å². The molecule has 1 amide bonds. The van der Waals surface area contributed by atoms with Gasteiger partial charge < -0.3 is 9.88 Å². The molecule has 3 rings (SSSR count). The minimum absolute atomic E-state index is 0.0670. The summed E-state index contributed by atoms with van der Waals surface area (Å²) in [5.74, 6) is -0.0670. The first-order valence-corrected chi connectivity index (χ1v) is 10.9. The lowest BCUT2D eigenvalue weighted by Crippen LogP contribution is -2.36. The molecule has 3 heterocycles. The van der Waals surface area contributed by atoms with Crippen LogP contribution in [0.5, 0.6) is 0 Å². The third kappa shape index (κ3) is 3.62. The maximum absolute atomic E-state index is 13.1. The van der Waals surface area contributed by atoms with Crippen molar-refractivity contribution < 1.29 is 13.2 Å². The quantitative estimate of drug-likeness (QED) is 0.893.